The maximum absolute atomic E-state index is 11.6. The van der Waals surface area contributed by atoms with Crippen molar-refractivity contribution in [1.29, 1.82) is 0 Å². The first-order chi connectivity index (χ1) is 6.59. The third-order valence-corrected chi connectivity index (χ3v) is 3.26. The predicted octanol–water partition coefficient (Wildman–Crippen LogP) is 3.30. The lowest BCUT2D eigenvalue weighted by molar-refractivity contribution is 0.611. The van der Waals surface area contributed by atoms with Crippen LogP contribution in [0, 0.1) is 0 Å². The average molecular weight is 228 g/mol. The predicted molar refractivity (Wildman–Crippen MR) is 61.5 cm³/mol. The molecule has 2 nitrogen and oxygen atoms in total. The number of benzene rings is 1. The highest BCUT2D eigenvalue weighted by Gasteiger charge is 2.09. The van der Waals surface area contributed by atoms with Crippen LogP contribution in [0.4, 0.5) is 0 Å². The van der Waals surface area contributed by atoms with E-state index in [1.807, 2.05) is 32.0 Å². The van der Waals surface area contributed by atoms with Crippen molar-refractivity contribution in [2.24, 2.45) is 0 Å². The van der Waals surface area contributed by atoms with Crippen molar-refractivity contribution in [3.8, 4) is 0 Å². The molecule has 0 aliphatic carbocycles. The zero-order valence-electron chi connectivity index (χ0n) is 7.95. The van der Waals surface area contributed by atoms with Crippen molar-refractivity contribution < 1.29 is 0 Å². The van der Waals surface area contributed by atoms with E-state index in [0.717, 1.165) is 10.2 Å². The Morgan fingerprint density at radius 3 is 2.79 bits per heavy atom. The second-order valence-corrected chi connectivity index (χ2v) is 4.87. The molecule has 74 valence electrons. The van der Waals surface area contributed by atoms with Gasteiger partial charge in [-0.2, -0.15) is 0 Å². The van der Waals surface area contributed by atoms with Crippen LogP contribution in [0.3, 0.4) is 0 Å². The van der Waals surface area contributed by atoms with Crippen LogP contribution in [0.1, 0.15) is 19.9 Å². The summed E-state index contributed by atoms with van der Waals surface area (Å²) in [5, 5.41) is 0.671. The van der Waals surface area contributed by atoms with Gasteiger partial charge in [-0.1, -0.05) is 22.9 Å². The minimum absolute atomic E-state index is 0.0808. The van der Waals surface area contributed by atoms with Gasteiger partial charge in [0.1, 0.15) is 0 Å². The van der Waals surface area contributed by atoms with E-state index in [-0.39, 0.29) is 10.9 Å². The fraction of sp³-hybridized carbons (Fsp3) is 0.300. The molecular formula is C10H10ClNOS. The van der Waals surface area contributed by atoms with Gasteiger partial charge in [-0.15, -0.1) is 0 Å². The Morgan fingerprint density at radius 1 is 1.43 bits per heavy atom. The molecule has 0 saturated carbocycles. The number of nitrogens with zero attached hydrogens (tertiary/aromatic N) is 1. The van der Waals surface area contributed by atoms with Gasteiger partial charge in [0, 0.05) is 11.1 Å². The van der Waals surface area contributed by atoms with E-state index in [9.17, 15) is 4.79 Å². The van der Waals surface area contributed by atoms with Gasteiger partial charge < -0.3 is 0 Å². The molecule has 0 aliphatic heterocycles. The maximum atomic E-state index is 11.6. The summed E-state index contributed by atoms with van der Waals surface area (Å²) in [6, 6.07) is 5.72. The van der Waals surface area contributed by atoms with E-state index in [4.69, 9.17) is 11.6 Å². The SMILES string of the molecule is CC(C)n1c(=O)sc2ccc(Cl)cc21. The van der Waals surface area contributed by atoms with Crippen LogP contribution in [0.5, 0.6) is 0 Å². The van der Waals surface area contributed by atoms with E-state index in [2.05, 4.69) is 0 Å². The molecule has 4 heteroatoms. The van der Waals surface area contributed by atoms with Crippen LogP contribution in [-0.4, -0.2) is 4.57 Å². The molecule has 2 rings (SSSR count). The first-order valence-corrected chi connectivity index (χ1v) is 5.59. The summed E-state index contributed by atoms with van der Waals surface area (Å²) in [5.41, 5.74) is 0.933. The third-order valence-electron chi connectivity index (χ3n) is 2.09. The van der Waals surface area contributed by atoms with Crippen molar-refractivity contribution in [2.75, 3.05) is 0 Å². The highest BCUT2D eigenvalue weighted by molar-refractivity contribution is 7.16. The van der Waals surface area contributed by atoms with Crippen LogP contribution in [-0.2, 0) is 0 Å². The van der Waals surface area contributed by atoms with Crippen LogP contribution < -0.4 is 4.87 Å². The standard InChI is InChI=1S/C10H10ClNOS/c1-6(2)12-8-5-7(11)3-4-9(8)14-10(12)13/h3-6H,1-2H3. The second-order valence-electron chi connectivity index (χ2n) is 3.44. The van der Waals surface area contributed by atoms with Gasteiger partial charge in [-0.25, -0.2) is 0 Å². The van der Waals surface area contributed by atoms with E-state index >= 15 is 0 Å². The quantitative estimate of drug-likeness (QED) is 0.733. The lowest BCUT2D eigenvalue weighted by Crippen LogP contribution is -2.14. The van der Waals surface area contributed by atoms with Crippen LogP contribution >= 0.6 is 22.9 Å². The van der Waals surface area contributed by atoms with Crippen molar-refractivity contribution in [1.82, 2.24) is 4.57 Å². The molecule has 0 amide bonds. The Bertz CT molecular complexity index is 526. The molecule has 1 aromatic heterocycles. The molecule has 0 aliphatic rings. The van der Waals surface area contributed by atoms with Gasteiger partial charge in [-0.3, -0.25) is 9.36 Å². The molecule has 0 N–H and O–H groups in total. The highest BCUT2D eigenvalue weighted by Crippen LogP contribution is 2.23. The zero-order valence-corrected chi connectivity index (χ0v) is 9.52. The lowest BCUT2D eigenvalue weighted by atomic mass is 10.3. The van der Waals surface area contributed by atoms with Crippen LogP contribution in [0.25, 0.3) is 10.2 Å². The number of hydrogen-bond acceptors (Lipinski definition) is 2. The van der Waals surface area contributed by atoms with Crippen LogP contribution in [0.2, 0.25) is 5.02 Å². The number of fused-ring (bicyclic) bond motifs is 1. The molecule has 0 saturated heterocycles. The molecule has 1 aromatic carbocycles. The van der Waals surface area contributed by atoms with Gasteiger partial charge in [0.25, 0.3) is 0 Å². The van der Waals surface area contributed by atoms with Crippen molar-refractivity contribution in [3.05, 3.63) is 32.9 Å². The van der Waals surface area contributed by atoms with Crippen molar-refractivity contribution >= 4 is 33.2 Å². The van der Waals surface area contributed by atoms with Gasteiger partial charge >= 0.3 is 4.87 Å². The summed E-state index contributed by atoms with van der Waals surface area (Å²) in [6.07, 6.45) is 0. The topological polar surface area (TPSA) is 22.0 Å². The van der Waals surface area contributed by atoms with E-state index in [1.54, 1.807) is 4.57 Å². The van der Waals surface area contributed by atoms with Gasteiger partial charge in [-0.05, 0) is 32.0 Å². The fourth-order valence-electron chi connectivity index (χ4n) is 1.50. The van der Waals surface area contributed by atoms with Gasteiger partial charge in [0.05, 0.1) is 10.2 Å². The number of hydrogen-bond donors (Lipinski definition) is 0. The highest BCUT2D eigenvalue weighted by atomic mass is 35.5. The Morgan fingerprint density at radius 2 is 2.14 bits per heavy atom. The summed E-state index contributed by atoms with van der Waals surface area (Å²) in [6.45, 7) is 3.99. The molecule has 1 heterocycles. The van der Waals surface area contributed by atoms with E-state index in [0.29, 0.717) is 5.02 Å². The van der Waals surface area contributed by atoms with E-state index < -0.39 is 0 Å². The Labute approximate surface area is 90.7 Å². The molecule has 0 unspecified atom stereocenters. The Balaban J connectivity index is 2.86. The fourth-order valence-corrected chi connectivity index (χ4v) is 2.66. The smallest absolute Gasteiger partial charge is 0.296 e. The monoisotopic (exact) mass is 227 g/mol. The third kappa shape index (κ3) is 1.47. The van der Waals surface area contributed by atoms with Gasteiger partial charge in [0.15, 0.2) is 0 Å². The van der Waals surface area contributed by atoms with Gasteiger partial charge in [0.2, 0.25) is 0 Å². The summed E-state index contributed by atoms with van der Waals surface area (Å²) < 4.78 is 2.76. The van der Waals surface area contributed by atoms with Crippen molar-refractivity contribution in [2.45, 2.75) is 19.9 Å². The molecule has 0 bridgehead atoms. The zero-order chi connectivity index (χ0) is 10.3. The normalized spacial score (nSPS) is 11.4. The first-order valence-electron chi connectivity index (χ1n) is 4.40. The molecule has 14 heavy (non-hydrogen) atoms. The lowest BCUT2D eigenvalue weighted by Gasteiger charge is -2.06. The number of thiazole rings is 1. The summed E-state index contributed by atoms with van der Waals surface area (Å²) >= 11 is 7.16. The average Bonchev–Trinajstić information content (AvgIpc) is 2.40. The summed E-state index contributed by atoms with van der Waals surface area (Å²) in [7, 11) is 0. The van der Waals surface area contributed by atoms with E-state index in [1.165, 1.54) is 11.3 Å². The second kappa shape index (κ2) is 3.41. The molecule has 0 spiro atoms. The maximum Gasteiger partial charge on any atom is 0.308 e. The van der Waals surface area contributed by atoms with Crippen LogP contribution in [0.15, 0.2) is 23.0 Å². The largest absolute Gasteiger partial charge is 0.308 e. The van der Waals surface area contributed by atoms with Crippen molar-refractivity contribution in [3.63, 3.8) is 0 Å². The molecule has 0 radical (unpaired) electrons. The summed E-state index contributed by atoms with van der Waals surface area (Å²) in [5.74, 6) is 0. The first kappa shape index (κ1) is 9.74. The molecular weight excluding hydrogens is 218 g/mol. The minimum Gasteiger partial charge on any atom is -0.296 e. The number of aromatic nitrogens is 1. The Hall–Kier alpha value is -0.800. The molecule has 2 aromatic rings. The number of rotatable bonds is 1. The molecule has 0 atom stereocenters. The number of halogens is 1. The molecule has 0 fully saturated rings. The summed E-state index contributed by atoms with van der Waals surface area (Å²) in [4.78, 5) is 11.7. The Kier molecular flexibility index (Phi) is 2.37. The minimum atomic E-state index is 0.0808.